The molecule has 1 aromatic heterocycles. The van der Waals surface area contributed by atoms with E-state index in [0.29, 0.717) is 5.82 Å². The van der Waals surface area contributed by atoms with Gasteiger partial charge in [-0.05, 0) is 0 Å². The maximum absolute atomic E-state index is 11.8. The van der Waals surface area contributed by atoms with Gasteiger partial charge >= 0.3 is 12.1 Å². The zero-order chi connectivity index (χ0) is 13.1. The van der Waals surface area contributed by atoms with Crippen LogP contribution in [0.3, 0.4) is 0 Å². The summed E-state index contributed by atoms with van der Waals surface area (Å²) in [6.45, 7) is 3.87. The molecule has 0 fully saturated rings. The van der Waals surface area contributed by atoms with Gasteiger partial charge in [0.05, 0.1) is 18.7 Å². The highest BCUT2D eigenvalue weighted by Gasteiger charge is 2.33. The van der Waals surface area contributed by atoms with Crippen molar-refractivity contribution in [3.63, 3.8) is 0 Å². The summed E-state index contributed by atoms with van der Waals surface area (Å²) in [4.78, 5) is 24.1. The average Bonchev–Trinajstić information content (AvgIpc) is 2.82. The topological polar surface area (TPSA) is 84.7 Å². The fourth-order valence-electron chi connectivity index (χ4n) is 1.81. The number of carbonyl (C=O) groups excluding carboxylic acids is 1. The highest BCUT2D eigenvalue weighted by Crippen LogP contribution is 2.23. The van der Waals surface area contributed by atoms with Gasteiger partial charge in [-0.1, -0.05) is 12.7 Å². The van der Waals surface area contributed by atoms with Crippen molar-refractivity contribution in [2.45, 2.75) is 6.54 Å². The Bertz CT molecular complexity index is 482. The van der Waals surface area contributed by atoms with Crippen molar-refractivity contribution in [1.82, 2.24) is 9.78 Å². The molecule has 7 nitrogen and oxygen atoms in total. The minimum atomic E-state index is -0.960. The first-order valence-electron chi connectivity index (χ1n) is 5.43. The third-order valence-electron chi connectivity index (χ3n) is 2.66. The second-order valence-electron chi connectivity index (χ2n) is 3.88. The number of carboxylic acids is 1. The summed E-state index contributed by atoms with van der Waals surface area (Å²) in [6.07, 6.45) is 2.38. The molecule has 1 aliphatic heterocycles. The van der Waals surface area contributed by atoms with Crippen LogP contribution < -0.4 is 4.90 Å². The lowest BCUT2D eigenvalue weighted by atomic mass is 10.1. The van der Waals surface area contributed by atoms with Crippen molar-refractivity contribution in [2.75, 3.05) is 18.1 Å². The highest BCUT2D eigenvalue weighted by atomic mass is 16.6. The summed E-state index contributed by atoms with van der Waals surface area (Å²) in [6, 6.07) is 1.65. The number of aromatic nitrogens is 2. The van der Waals surface area contributed by atoms with E-state index in [-0.39, 0.29) is 19.7 Å². The van der Waals surface area contributed by atoms with Crippen molar-refractivity contribution >= 4 is 17.9 Å². The van der Waals surface area contributed by atoms with Crippen LogP contribution in [0.2, 0.25) is 0 Å². The largest absolute Gasteiger partial charge is 0.481 e. The van der Waals surface area contributed by atoms with Crippen LogP contribution in [-0.4, -0.2) is 40.1 Å². The Labute approximate surface area is 103 Å². The number of aliphatic carboxylic acids is 1. The Kier molecular flexibility index (Phi) is 3.31. The molecule has 0 spiro atoms. The van der Waals surface area contributed by atoms with Crippen LogP contribution in [0.15, 0.2) is 24.9 Å². The minimum Gasteiger partial charge on any atom is -0.481 e. The number of amides is 1. The number of nitrogens with zero attached hydrogens (tertiary/aromatic N) is 3. The van der Waals surface area contributed by atoms with Gasteiger partial charge in [-0.2, -0.15) is 5.10 Å². The molecule has 0 saturated heterocycles. The van der Waals surface area contributed by atoms with E-state index in [1.807, 2.05) is 0 Å². The Hall–Kier alpha value is -2.31. The van der Waals surface area contributed by atoms with E-state index in [9.17, 15) is 9.59 Å². The molecule has 1 N–H and O–H groups in total. The van der Waals surface area contributed by atoms with E-state index in [2.05, 4.69) is 11.7 Å². The summed E-state index contributed by atoms with van der Waals surface area (Å²) < 4.78 is 6.40. The molecule has 0 aromatic carbocycles. The molecule has 1 unspecified atom stereocenters. The lowest BCUT2D eigenvalue weighted by molar-refractivity contribution is -0.142. The van der Waals surface area contributed by atoms with Crippen molar-refractivity contribution in [1.29, 1.82) is 0 Å². The maximum Gasteiger partial charge on any atom is 0.415 e. The molecular weight excluding hydrogens is 238 g/mol. The Morgan fingerprint density at radius 1 is 1.61 bits per heavy atom. The fourth-order valence-corrected chi connectivity index (χ4v) is 1.81. The van der Waals surface area contributed by atoms with Crippen LogP contribution in [0.25, 0.3) is 0 Å². The molecule has 18 heavy (non-hydrogen) atoms. The lowest BCUT2D eigenvalue weighted by Crippen LogP contribution is -2.45. The van der Waals surface area contributed by atoms with Crippen molar-refractivity contribution in [2.24, 2.45) is 5.92 Å². The quantitative estimate of drug-likeness (QED) is 0.800. The van der Waals surface area contributed by atoms with E-state index in [4.69, 9.17) is 9.84 Å². The van der Waals surface area contributed by atoms with E-state index in [0.717, 1.165) is 0 Å². The first-order chi connectivity index (χ1) is 8.63. The van der Waals surface area contributed by atoms with Crippen LogP contribution >= 0.6 is 0 Å². The van der Waals surface area contributed by atoms with Gasteiger partial charge in [-0.25, -0.2) is 9.48 Å². The van der Waals surface area contributed by atoms with Crippen molar-refractivity contribution < 1.29 is 19.4 Å². The third kappa shape index (κ3) is 2.20. The summed E-state index contributed by atoms with van der Waals surface area (Å²) in [7, 11) is 0. The molecule has 2 rings (SSSR count). The Balaban J connectivity index is 2.21. The number of carboxylic acid groups (broad SMARTS) is 1. The lowest BCUT2D eigenvalue weighted by Gasteiger charge is -2.30. The minimum absolute atomic E-state index is 0.0804. The van der Waals surface area contributed by atoms with Gasteiger partial charge in [-0.3, -0.25) is 9.69 Å². The zero-order valence-electron chi connectivity index (χ0n) is 9.65. The molecule has 0 bridgehead atoms. The second-order valence-corrected chi connectivity index (χ2v) is 3.88. The fraction of sp³-hybridized carbons (Fsp3) is 0.364. The summed E-state index contributed by atoms with van der Waals surface area (Å²) >= 11 is 0. The van der Waals surface area contributed by atoms with E-state index in [1.165, 1.54) is 21.9 Å². The molecule has 0 radical (unpaired) electrons. The molecule has 96 valence electrons. The predicted octanol–water partition coefficient (Wildman–Crippen LogP) is 0.726. The van der Waals surface area contributed by atoms with Gasteiger partial charge in [0.25, 0.3) is 0 Å². The number of rotatable bonds is 3. The van der Waals surface area contributed by atoms with Crippen LogP contribution in [0, 0.1) is 5.92 Å². The molecule has 1 aromatic rings. The average molecular weight is 251 g/mol. The Morgan fingerprint density at radius 2 is 2.39 bits per heavy atom. The van der Waals surface area contributed by atoms with E-state index in [1.54, 1.807) is 6.07 Å². The monoisotopic (exact) mass is 251 g/mol. The predicted molar refractivity (Wildman–Crippen MR) is 62.2 cm³/mol. The van der Waals surface area contributed by atoms with Crippen molar-refractivity contribution in [3.05, 3.63) is 24.9 Å². The smallest absolute Gasteiger partial charge is 0.415 e. The standard InChI is InChI=1S/C11H13N3O4/c1-2-5-18-11(17)13-6-8(10(15)16)7-14-9(13)3-4-12-14/h2-4,8H,1,5-7H2,(H,15,16). The summed E-state index contributed by atoms with van der Waals surface area (Å²) in [5.74, 6) is -1.10. The zero-order valence-corrected chi connectivity index (χ0v) is 9.65. The molecule has 0 saturated carbocycles. The number of ether oxygens (including phenoxy) is 1. The van der Waals surface area contributed by atoms with Gasteiger partial charge in [0.2, 0.25) is 0 Å². The number of fused-ring (bicyclic) bond motifs is 1. The molecule has 1 aliphatic rings. The molecular formula is C11H13N3O4. The van der Waals surface area contributed by atoms with E-state index < -0.39 is 18.0 Å². The molecule has 0 aliphatic carbocycles. The maximum atomic E-state index is 11.8. The highest BCUT2D eigenvalue weighted by molar-refractivity contribution is 5.88. The van der Waals surface area contributed by atoms with Crippen LogP contribution in [0.5, 0.6) is 0 Å². The summed E-state index contributed by atoms with van der Waals surface area (Å²) in [5.41, 5.74) is 0. The first kappa shape index (κ1) is 12.2. The SMILES string of the molecule is C=CCOC(=O)N1CC(C(=O)O)Cn2nccc21. The Morgan fingerprint density at radius 3 is 3.06 bits per heavy atom. The third-order valence-corrected chi connectivity index (χ3v) is 2.66. The first-order valence-corrected chi connectivity index (χ1v) is 5.43. The number of carbonyl (C=O) groups is 2. The van der Waals surface area contributed by atoms with Gasteiger partial charge in [-0.15, -0.1) is 0 Å². The molecule has 2 heterocycles. The van der Waals surface area contributed by atoms with E-state index >= 15 is 0 Å². The number of hydrogen-bond donors (Lipinski definition) is 1. The van der Waals surface area contributed by atoms with Gasteiger partial charge < -0.3 is 9.84 Å². The van der Waals surface area contributed by atoms with Gasteiger partial charge in [0, 0.05) is 12.6 Å². The molecule has 1 amide bonds. The van der Waals surface area contributed by atoms with Crippen LogP contribution in [-0.2, 0) is 16.1 Å². The second kappa shape index (κ2) is 4.91. The summed E-state index contributed by atoms with van der Waals surface area (Å²) in [5, 5.41) is 13.0. The van der Waals surface area contributed by atoms with Crippen LogP contribution in [0.1, 0.15) is 0 Å². The number of hydrogen-bond acceptors (Lipinski definition) is 4. The van der Waals surface area contributed by atoms with Gasteiger partial charge in [0.15, 0.2) is 0 Å². The normalized spacial score (nSPS) is 18.0. The number of anilines is 1. The van der Waals surface area contributed by atoms with Crippen LogP contribution in [0.4, 0.5) is 10.6 Å². The molecule has 7 heteroatoms. The van der Waals surface area contributed by atoms with Gasteiger partial charge in [0.1, 0.15) is 12.4 Å². The molecule has 1 atom stereocenters. The van der Waals surface area contributed by atoms with Crippen molar-refractivity contribution in [3.8, 4) is 0 Å².